The number of imidazole rings is 1. The van der Waals surface area contributed by atoms with Gasteiger partial charge in [-0.15, -0.1) is 0 Å². The third-order valence-corrected chi connectivity index (χ3v) is 5.00. The van der Waals surface area contributed by atoms with Crippen LogP contribution in [-0.4, -0.2) is 32.4 Å². The van der Waals surface area contributed by atoms with Crippen molar-refractivity contribution in [1.29, 1.82) is 0 Å². The molecule has 0 radical (unpaired) electrons. The predicted octanol–water partition coefficient (Wildman–Crippen LogP) is 4.18. The summed E-state index contributed by atoms with van der Waals surface area (Å²) in [4.78, 5) is 16.6. The molecule has 0 spiro atoms. The van der Waals surface area contributed by atoms with Crippen LogP contribution in [0, 0.1) is 6.92 Å². The molecule has 0 aliphatic carbocycles. The molecule has 0 atom stereocenters. The molecule has 0 saturated carbocycles. The quantitative estimate of drug-likeness (QED) is 0.715. The molecule has 126 valence electrons. The van der Waals surface area contributed by atoms with Gasteiger partial charge >= 0.3 is 0 Å². The summed E-state index contributed by atoms with van der Waals surface area (Å²) in [7, 11) is 0. The van der Waals surface area contributed by atoms with Crippen LogP contribution in [0.25, 0.3) is 16.7 Å². The maximum atomic E-state index is 6.43. The Morgan fingerprint density at radius 1 is 1.08 bits per heavy atom. The van der Waals surface area contributed by atoms with Crippen LogP contribution in [0.4, 0.5) is 5.82 Å². The fourth-order valence-electron chi connectivity index (χ4n) is 3.59. The Balaban J connectivity index is 1.96. The predicted molar refractivity (Wildman–Crippen MR) is 98.1 cm³/mol. The van der Waals surface area contributed by atoms with E-state index < -0.39 is 0 Å². The van der Waals surface area contributed by atoms with Crippen molar-refractivity contribution in [2.24, 2.45) is 0 Å². The highest BCUT2D eigenvalue weighted by Crippen LogP contribution is 2.27. The first-order valence-electron chi connectivity index (χ1n) is 8.78. The summed E-state index contributed by atoms with van der Waals surface area (Å²) in [6.45, 7) is 6.30. The van der Waals surface area contributed by atoms with Gasteiger partial charge in [0.05, 0.1) is 5.69 Å². The largest absolute Gasteiger partial charge is 0.357 e. The molecule has 4 rings (SSSR count). The van der Waals surface area contributed by atoms with Crippen molar-refractivity contribution < 1.29 is 0 Å². The Bertz CT molecular complexity index is 895. The fraction of sp³-hybridized carbons (Fsp3) is 0.500. The van der Waals surface area contributed by atoms with Gasteiger partial charge in [-0.2, -0.15) is 0 Å². The van der Waals surface area contributed by atoms with Crippen molar-refractivity contribution in [1.82, 2.24) is 19.4 Å². The van der Waals surface area contributed by atoms with Crippen LogP contribution >= 0.6 is 11.6 Å². The monoisotopic (exact) mass is 343 g/mol. The molecule has 5 nitrogen and oxygen atoms in total. The molecule has 6 heteroatoms. The van der Waals surface area contributed by atoms with E-state index in [0.717, 1.165) is 59.9 Å². The van der Waals surface area contributed by atoms with Crippen molar-refractivity contribution in [3.8, 4) is 0 Å². The Hall–Kier alpha value is -1.88. The minimum absolute atomic E-state index is 0.502. The maximum Gasteiger partial charge on any atom is 0.167 e. The van der Waals surface area contributed by atoms with Gasteiger partial charge in [-0.1, -0.05) is 18.5 Å². The van der Waals surface area contributed by atoms with E-state index in [0.29, 0.717) is 5.15 Å². The summed E-state index contributed by atoms with van der Waals surface area (Å²) < 4.78 is 2.11. The van der Waals surface area contributed by atoms with E-state index in [1.54, 1.807) is 0 Å². The van der Waals surface area contributed by atoms with E-state index in [2.05, 4.69) is 27.3 Å². The van der Waals surface area contributed by atoms with Crippen molar-refractivity contribution >= 4 is 34.1 Å². The highest BCUT2D eigenvalue weighted by Gasteiger charge is 2.18. The number of nitrogens with zero attached hydrogens (tertiary/aromatic N) is 5. The lowest BCUT2D eigenvalue weighted by Crippen LogP contribution is -2.30. The summed E-state index contributed by atoms with van der Waals surface area (Å²) in [6, 6.07) is 4.09. The van der Waals surface area contributed by atoms with Gasteiger partial charge in [-0.05, 0) is 44.7 Å². The van der Waals surface area contributed by atoms with E-state index >= 15 is 0 Å². The van der Waals surface area contributed by atoms with Crippen LogP contribution in [-0.2, 0) is 6.42 Å². The fourth-order valence-corrected chi connectivity index (χ4v) is 3.90. The third kappa shape index (κ3) is 2.51. The highest BCUT2D eigenvalue weighted by atomic mass is 35.5. The second-order valence-electron chi connectivity index (χ2n) is 6.51. The van der Waals surface area contributed by atoms with Crippen LogP contribution in [0.1, 0.15) is 44.1 Å². The Morgan fingerprint density at radius 3 is 2.62 bits per heavy atom. The van der Waals surface area contributed by atoms with Gasteiger partial charge in [0.1, 0.15) is 22.7 Å². The summed E-state index contributed by atoms with van der Waals surface area (Å²) in [5, 5.41) is 0.502. The standard InChI is InChI=1S/C18H22ClN5/c1-3-7-15-20-12(2)16-17(19)21-13-8-9-14(22-18(13)24(15)16)23-10-5-4-6-11-23/h8-9H,3-7,10-11H2,1-2H3. The van der Waals surface area contributed by atoms with Crippen LogP contribution in [0.2, 0.25) is 5.15 Å². The van der Waals surface area contributed by atoms with Gasteiger partial charge in [0.2, 0.25) is 0 Å². The average molecular weight is 344 g/mol. The summed E-state index contributed by atoms with van der Waals surface area (Å²) in [6.07, 6.45) is 5.72. The molecule has 3 aromatic rings. The number of anilines is 1. The van der Waals surface area contributed by atoms with Gasteiger partial charge in [-0.3, -0.25) is 4.40 Å². The van der Waals surface area contributed by atoms with Crippen LogP contribution < -0.4 is 4.90 Å². The number of piperidine rings is 1. The van der Waals surface area contributed by atoms with Gasteiger partial charge in [-0.25, -0.2) is 15.0 Å². The molecule has 1 saturated heterocycles. The highest BCUT2D eigenvalue weighted by molar-refractivity contribution is 6.33. The summed E-state index contributed by atoms with van der Waals surface area (Å²) >= 11 is 6.43. The SMILES string of the molecule is CCCc1nc(C)c2c(Cl)nc3ccc(N4CCCCC4)nc3n12. The first kappa shape index (κ1) is 15.6. The number of rotatable bonds is 3. The first-order valence-corrected chi connectivity index (χ1v) is 9.16. The van der Waals surface area contributed by atoms with E-state index in [1.807, 2.05) is 13.0 Å². The number of hydrogen-bond acceptors (Lipinski definition) is 4. The lowest BCUT2D eigenvalue weighted by Gasteiger charge is -2.27. The van der Waals surface area contributed by atoms with E-state index in [1.165, 1.54) is 19.3 Å². The lowest BCUT2D eigenvalue weighted by atomic mass is 10.1. The molecule has 1 fully saturated rings. The third-order valence-electron chi connectivity index (χ3n) is 4.74. The zero-order valence-electron chi connectivity index (χ0n) is 14.2. The Labute approximate surface area is 146 Å². The molecule has 3 aromatic heterocycles. The molecule has 0 unspecified atom stereocenters. The number of hydrogen-bond donors (Lipinski definition) is 0. The first-order chi connectivity index (χ1) is 11.7. The van der Waals surface area contributed by atoms with Gasteiger partial charge in [0.15, 0.2) is 10.8 Å². The molecule has 0 N–H and O–H groups in total. The molecule has 24 heavy (non-hydrogen) atoms. The number of fused-ring (bicyclic) bond motifs is 3. The summed E-state index contributed by atoms with van der Waals surface area (Å²) in [5.41, 5.74) is 3.49. The number of aryl methyl sites for hydroxylation is 2. The van der Waals surface area contributed by atoms with E-state index in [-0.39, 0.29) is 0 Å². The molecule has 4 heterocycles. The number of aromatic nitrogens is 4. The van der Waals surface area contributed by atoms with E-state index in [9.17, 15) is 0 Å². The van der Waals surface area contributed by atoms with Gasteiger partial charge < -0.3 is 4.90 Å². The molecular weight excluding hydrogens is 322 g/mol. The van der Waals surface area contributed by atoms with Crippen molar-refractivity contribution in [2.75, 3.05) is 18.0 Å². The molecular formula is C18H22ClN5. The van der Waals surface area contributed by atoms with E-state index in [4.69, 9.17) is 21.6 Å². The van der Waals surface area contributed by atoms with Crippen molar-refractivity contribution in [3.63, 3.8) is 0 Å². The van der Waals surface area contributed by atoms with Crippen molar-refractivity contribution in [3.05, 3.63) is 28.8 Å². The lowest BCUT2D eigenvalue weighted by molar-refractivity contribution is 0.574. The minimum Gasteiger partial charge on any atom is -0.357 e. The maximum absolute atomic E-state index is 6.43. The molecule has 0 aromatic carbocycles. The van der Waals surface area contributed by atoms with Crippen LogP contribution in [0.15, 0.2) is 12.1 Å². The number of halogens is 1. The Kier molecular flexibility index (Phi) is 4.04. The molecule has 0 amide bonds. The molecule has 1 aliphatic rings. The summed E-state index contributed by atoms with van der Waals surface area (Å²) in [5.74, 6) is 2.05. The van der Waals surface area contributed by atoms with Crippen LogP contribution in [0.5, 0.6) is 0 Å². The molecule has 0 bridgehead atoms. The Morgan fingerprint density at radius 2 is 1.88 bits per heavy atom. The van der Waals surface area contributed by atoms with Crippen molar-refractivity contribution in [2.45, 2.75) is 46.0 Å². The van der Waals surface area contributed by atoms with Crippen LogP contribution in [0.3, 0.4) is 0 Å². The van der Waals surface area contributed by atoms with Gasteiger partial charge in [0, 0.05) is 19.5 Å². The second kappa shape index (κ2) is 6.20. The normalized spacial score (nSPS) is 15.5. The second-order valence-corrected chi connectivity index (χ2v) is 6.87. The number of pyridine rings is 1. The van der Waals surface area contributed by atoms with Gasteiger partial charge in [0.25, 0.3) is 0 Å². The molecule has 1 aliphatic heterocycles. The average Bonchev–Trinajstić information content (AvgIpc) is 2.93. The zero-order chi connectivity index (χ0) is 16.7. The zero-order valence-corrected chi connectivity index (χ0v) is 15.0. The smallest absolute Gasteiger partial charge is 0.167 e. The minimum atomic E-state index is 0.502. The topological polar surface area (TPSA) is 46.3 Å².